The number of hydrogen-bond donors (Lipinski definition) is 3. The van der Waals surface area contributed by atoms with E-state index in [1.807, 2.05) is 12.1 Å². The Morgan fingerprint density at radius 3 is 0.789 bits per heavy atom. The summed E-state index contributed by atoms with van der Waals surface area (Å²) in [5.74, 6) is 0. The van der Waals surface area contributed by atoms with Crippen molar-refractivity contribution in [2.45, 2.75) is 0 Å². The molecule has 8 aromatic carbocycles. The number of pyridine rings is 1. The van der Waals surface area contributed by atoms with E-state index in [0.717, 1.165) is 90.0 Å². The minimum atomic E-state index is 0.818. The zero-order chi connectivity index (χ0) is 38.2. The second-order valence-electron chi connectivity index (χ2n) is 13.8. The van der Waals surface area contributed by atoms with Crippen molar-refractivity contribution in [3.05, 3.63) is 224 Å². The Balaban J connectivity index is 1.36. The summed E-state index contributed by atoms with van der Waals surface area (Å²) in [5.41, 5.74) is 15.7. The van der Waals surface area contributed by atoms with Crippen LogP contribution in [0.5, 0.6) is 0 Å². The minimum absolute atomic E-state index is 0.818. The van der Waals surface area contributed by atoms with Crippen molar-refractivity contribution >= 4 is 34.1 Å². The van der Waals surface area contributed by atoms with E-state index in [1.54, 1.807) is 0 Å². The normalized spacial score (nSPS) is 10.8. The van der Waals surface area contributed by atoms with Crippen molar-refractivity contribution in [2.75, 3.05) is 16.0 Å². The summed E-state index contributed by atoms with van der Waals surface area (Å²) in [5, 5.41) is 12.0. The molecular weight excluding hydrogens is 693 g/mol. The van der Waals surface area contributed by atoms with Gasteiger partial charge in [0.15, 0.2) is 0 Å². The number of rotatable bonds is 11. The minimum Gasteiger partial charge on any atom is -0.351 e. The first-order valence-corrected chi connectivity index (χ1v) is 19.2. The van der Waals surface area contributed by atoms with Crippen molar-refractivity contribution in [2.24, 2.45) is 0 Å². The lowest BCUT2D eigenvalue weighted by atomic mass is 9.99. The molecule has 4 nitrogen and oxygen atoms in total. The van der Waals surface area contributed by atoms with Gasteiger partial charge in [-0.05, 0) is 34.9 Å². The maximum atomic E-state index is 5.63. The quantitative estimate of drug-likeness (QED) is 0.124. The van der Waals surface area contributed by atoms with Gasteiger partial charge in [0.2, 0.25) is 0 Å². The third-order valence-electron chi connectivity index (χ3n) is 10.1. The van der Waals surface area contributed by atoms with E-state index in [2.05, 4.69) is 228 Å². The first-order chi connectivity index (χ1) is 28.3. The average Bonchev–Trinajstić information content (AvgIpc) is 3.29. The van der Waals surface area contributed by atoms with Crippen LogP contribution in [0.15, 0.2) is 224 Å². The van der Waals surface area contributed by atoms with Crippen molar-refractivity contribution in [3.8, 4) is 55.9 Å². The van der Waals surface area contributed by atoms with Crippen LogP contribution in [0, 0.1) is 0 Å². The van der Waals surface area contributed by atoms with Gasteiger partial charge < -0.3 is 16.0 Å². The molecule has 0 atom stereocenters. The molecule has 272 valence electrons. The Morgan fingerprint density at radius 1 is 0.228 bits per heavy atom. The number of hydrogen-bond acceptors (Lipinski definition) is 4. The van der Waals surface area contributed by atoms with E-state index in [9.17, 15) is 0 Å². The number of para-hydroxylation sites is 3. The van der Waals surface area contributed by atoms with E-state index < -0.39 is 0 Å². The maximum Gasteiger partial charge on any atom is 0.0967 e. The number of anilines is 6. The van der Waals surface area contributed by atoms with Crippen LogP contribution in [0.2, 0.25) is 0 Å². The maximum absolute atomic E-state index is 5.63. The summed E-state index contributed by atoms with van der Waals surface area (Å²) in [6.45, 7) is 0. The Kier molecular flexibility index (Phi) is 10.1. The van der Waals surface area contributed by atoms with Crippen LogP contribution in [0.3, 0.4) is 0 Å². The molecule has 9 rings (SSSR count). The van der Waals surface area contributed by atoms with Gasteiger partial charge in [-0.15, -0.1) is 0 Å². The average molecular weight is 733 g/mol. The predicted octanol–water partition coefficient (Wildman–Crippen LogP) is 14.6. The highest BCUT2D eigenvalue weighted by Crippen LogP contribution is 2.49. The summed E-state index contributed by atoms with van der Waals surface area (Å²) in [7, 11) is 0. The molecule has 0 aliphatic heterocycles. The van der Waals surface area contributed by atoms with Gasteiger partial charge in [-0.3, -0.25) is 0 Å². The number of aromatic nitrogens is 1. The van der Waals surface area contributed by atoms with Crippen LogP contribution in [-0.2, 0) is 0 Å². The lowest BCUT2D eigenvalue weighted by Crippen LogP contribution is -2.09. The zero-order valence-corrected chi connectivity index (χ0v) is 31.3. The summed E-state index contributed by atoms with van der Waals surface area (Å²) < 4.78 is 0. The monoisotopic (exact) mass is 732 g/mol. The number of benzene rings is 8. The first-order valence-electron chi connectivity index (χ1n) is 19.2. The Bertz CT molecular complexity index is 2590. The van der Waals surface area contributed by atoms with Gasteiger partial charge in [-0.1, -0.05) is 206 Å². The molecule has 0 saturated heterocycles. The zero-order valence-electron chi connectivity index (χ0n) is 31.3. The topological polar surface area (TPSA) is 49.0 Å². The Morgan fingerprint density at radius 2 is 0.474 bits per heavy atom. The fourth-order valence-corrected chi connectivity index (χ4v) is 7.35. The van der Waals surface area contributed by atoms with E-state index in [4.69, 9.17) is 4.98 Å². The third-order valence-corrected chi connectivity index (χ3v) is 10.1. The molecule has 0 radical (unpaired) electrons. The molecule has 4 heteroatoms. The molecule has 0 amide bonds. The number of nitrogens with one attached hydrogen (secondary N) is 3. The molecule has 0 aliphatic rings. The second kappa shape index (κ2) is 16.4. The molecule has 0 unspecified atom stereocenters. The van der Waals surface area contributed by atoms with E-state index >= 15 is 0 Å². The largest absolute Gasteiger partial charge is 0.351 e. The van der Waals surface area contributed by atoms with Crippen LogP contribution < -0.4 is 16.0 Å². The fraction of sp³-hybridized carbons (Fsp3) is 0. The summed E-state index contributed by atoms with van der Waals surface area (Å²) in [6.07, 6.45) is 0. The van der Waals surface area contributed by atoms with Crippen LogP contribution in [-0.4, -0.2) is 4.98 Å². The van der Waals surface area contributed by atoms with Crippen molar-refractivity contribution in [3.63, 3.8) is 0 Å². The van der Waals surface area contributed by atoms with Gasteiger partial charge in [-0.25, -0.2) is 4.98 Å². The van der Waals surface area contributed by atoms with Crippen LogP contribution >= 0.6 is 0 Å². The molecular formula is C53H40N4. The van der Waals surface area contributed by atoms with Crippen molar-refractivity contribution < 1.29 is 0 Å². The standard InChI is InChI=1S/C53H40N4/c1-6-22-38(23-7-1)43-32-16-19-35-46(43)54-51-49(41-28-12-4-13-29-41)57-50(42-30-14-5-15-31-42)52(55-47-36-20-17-33-44(47)39-24-8-2-9-25-39)53(51)56-48-37-21-18-34-45(48)40-26-10-3-11-27-40/h1-37,54-55H,(H,56,57). The molecule has 1 aromatic heterocycles. The van der Waals surface area contributed by atoms with E-state index in [1.165, 1.54) is 0 Å². The van der Waals surface area contributed by atoms with Gasteiger partial charge in [-0.2, -0.15) is 0 Å². The molecule has 0 saturated carbocycles. The highest BCUT2D eigenvalue weighted by atomic mass is 15.0. The Labute approximate surface area is 334 Å². The lowest BCUT2D eigenvalue weighted by molar-refractivity contribution is 1.30. The third kappa shape index (κ3) is 7.53. The molecule has 0 aliphatic carbocycles. The summed E-state index contributed by atoms with van der Waals surface area (Å²) >= 11 is 0. The van der Waals surface area contributed by atoms with Crippen LogP contribution in [0.25, 0.3) is 55.9 Å². The van der Waals surface area contributed by atoms with Crippen LogP contribution in [0.1, 0.15) is 0 Å². The molecule has 9 aromatic rings. The smallest absolute Gasteiger partial charge is 0.0967 e. The molecule has 0 spiro atoms. The summed E-state index contributed by atoms with van der Waals surface area (Å²) in [6, 6.07) is 77.9. The van der Waals surface area contributed by atoms with E-state index in [0.29, 0.717) is 0 Å². The van der Waals surface area contributed by atoms with Gasteiger partial charge in [0, 0.05) is 44.9 Å². The highest BCUT2D eigenvalue weighted by molar-refractivity contribution is 6.05. The van der Waals surface area contributed by atoms with Gasteiger partial charge in [0.25, 0.3) is 0 Å². The van der Waals surface area contributed by atoms with Gasteiger partial charge in [0.05, 0.1) is 28.5 Å². The first kappa shape index (κ1) is 35.0. The highest BCUT2D eigenvalue weighted by Gasteiger charge is 2.25. The second-order valence-corrected chi connectivity index (χ2v) is 13.8. The fourth-order valence-electron chi connectivity index (χ4n) is 7.35. The van der Waals surface area contributed by atoms with Crippen LogP contribution in [0.4, 0.5) is 34.1 Å². The molecule has 1 heterocycles. The molecule has 3 N–H and O–H groups in total. The lowest BCUT2D eigenvalue weighted by Gasteiger charge is -2.26. The van der Waals surface area contributed by atoms with Crippen molar-refractivity contribution in [1.82, 2.24) is 4.98 Å². The predicted molar refractivity (Wildman–Crippen MR) is 241 cm³/mol. The van der Waals surface area contributed by atoms with E-state index in [-0.39, 0.29) is 0 Å². The van der Waals surface area contributed by atoms with Gasteiger partial charge in [0.1, 0.15) is 0 Å². The summed E-state index contributed by atoms with van der Waals surface area (Å²) in [4.78, 5) is 5.63. The SMILES string of the molecule is c1ccc(-c2ccccc2Nc2c(-c3ccccc3)nc(-c3ccccc3)c(Nc3ccccc3-c3ccccc3)c2Nc2ccccc2-c2ccccc2)cc1. The Hall–Kier alpha value is -7.69. The van der Waals surface area contributed by atoms with Crippen molar-refractivity contribution in [1.29, 1.82) is 0 Å². The van der Waals surface area contributed by atoms with Gasteiger partial charge >= 0.3 is 0 Å². The number of nitrogens with zero attached hydrogens (tertiary/aromatic N) is 1. The molecule has 57 heavy (non-hydrogen) atoms. The molecule has 0 fully saturated rings. The molecule has 0 bridgehead atoms.